The summed E-state index contributed by atoms with van der Waals surface area (Å²) in [5, 5.41) is 15.8. The van der Waals surface area contributed by atoms with Crippen LogP contribution < -0.4 is 20.3 Å². The van der Waals surface area contributed by atoms with E-state index in [1.165, 1.54) is 29.5 Å². The first kappa shape index (κ1) is 23.2. The van der Waals surface area contributed by atoms with Gasteiger partial charge in [-0.3, -0.25) is 4.79 Å². The maximum atomic E-state index is 12.4. The average Bonchev–Trinajstić information content (AvgIpc) is 3.52. The molecule has 35 heavy (non-hydrogen) atoms. The van der Waals surface area contributed by atoms with Crippen LogP contribution in [-0.2, 0) is 11.2 Å². The second-order valence-electron chi connectivity index (χ2n) is 7.73. The molecule has 0 spiro atoms. The van der Waals surface area contributed by atoms with E-state index < -0.39 is 12.3 Å². The van der Waals surface area contributed by atoms with Gasteiger partial charge in [0.2, 0.25) is 16.2 Å². The summed E-state index contributed by atoms with van der Waals surface area (Å²) in [4.78, 5) is 23.4. The SMILES string of the molecule is O=C(Cc1cccc(OC(F)(F)F)c1)Nc1nnc(NC2CCN(c3nc4ncccc4s3)C2)s1. The number of anilines is 3. The summed E-state index contributed by atoms with van der Waals surface area (Å²) in [5.41, 5.74) is 1.12. The molecule has 1 fully saturated rings. The molecule has 3 aromatic heterocycles. The summed E-state index contributed by atoms with van der Waals surface area (Å²) in [6, 6.07) is 9.32. The van der Waals surface area contributed by atoms with E-state index in [9.17, 15) is 18.0 Å². The minimum Gasteiger partial charge on any atom is -0.406 e. The molecule has 1 amide bonds. The summed E-state index contributed by atoms with van der Waals surface area (Å²) in [6.07, 6.45) is -2.31. The topological polar surface area (TPSA) is 105 Å². The van der Waals surface area contributed by atoms with Crippen molar-refractivity contribution in [1.29, 1.82) is 0 Å². The van der Waals surface area contributed by atoms with Crippen molar-refractivity contribution in [3.63, 3.8) is 0 Å². The van der Waals surface area contributed by atoms with Crippen LogP contribution in [-0.4, -0.2) is 51.6 Å². The fraction of sp³-hybridized carbons (Fsp3) is 0.286. The highest BCUT2D eigenvalue weighted by Gasteiger charge is 2.31. The molecule has 1 aliphatic heterocycles. The molecule has 1 aliphatic rings. The van der Waals surface area contributed by atoms with E-state index in [1.807, 2.05) is 12.1 Å². The van der Waals surface area contributed by atoms with Gasteiger partial charge in [0.15, 0.2) is 10.8 Å². The number of amides is 1. The van der Waals surface area contributed by atoms with Crippen LogP contribution >= 0.6 is 22.7 Å². The maximum Gasteiger partial charge on any atom is 0.573 e. The van der Waals surface area contributed by atoms with Gasteiger partial charge in [0.25, 0.3) is 0 Å². The second-order valence-corrected chi connectivity index (χ2v) is 9.72. The number of ether oxygens (including phenoxy) is 1. The third-order valence-electron chi connectivity index (χ3n) is 5.11. The van der Waals surface area contributed by atoms with Crippen LogP contribution in [0.25, 0.3) is 10.3 Å². The fourth-order valence-corrected chi connectivity index (χ4v) is 5.35. The Kier molecular flexibility index (Phi) is 6.38. The lowest BCUT2D eigenvalue weighted by molar-refractivity contribution is -0.274. The van der Waals surface area contributed by atoms with Gasteiger partial charge in [0, 0.05) is 25.3 Å². The quantitative estimate of drug-likeness (QED) is 0.371. The molecule has 1 unspecified atom stereocenters. The van der Waals surface area contributed by atoms with Crippen LogP contribution in [0.2, 0.25) is 0 Å². The summed E-state index contributed by atoms with van der Waals surface area (Å²) in [7, 11) is 0. The van der Waals surface area contributed by atoms with Crippen molar-refractivity contribution in [2.24, 2.45) is 0 Å². The number of aromatic nitrogens is 4. The molecular formula is C21H18F3N7O2S2. The number of hydrogen-bond donors (Lipinski definition) is 2. The number of alkyl halides is 3. The molecule has 0 saturated carbocycles. The molecule has 2 N–H and O–H groups in total. The van der Waals surface area contributed by atoms with Crippen LogP contribution in [0.5, 0.6) is 5.75 Å². The van der Waals surface area contributed by atoms with Gasteiger partial charge in [-0.25, -0.2) is 4.98 Å². The van der Waals surface area contributed by atoms with Crippen molar-refractivity contribution in [2.75, 3.05) is 28.6 Å². The van der Waals surface area contributed by atoms with Crippen LogP contribution in [0.4, 0.5) is 28.6 Å². The van der Waals surface area contributed by atoms with E-state index in [2.05, 4.69) is 40.4 Å². The first-order chi connectivity index (χ1) is 16.8. The molecule has 9 nitrogen and oxygen atoms in total. The molecule has 0 aliphatic carbocycles. The molecule has 4 aromatic rings. The summed E-state index contributed by atoms with van der Waals surface area (Å²) in [6.45, 7) is 1.59. The van der Waals surface area contributed by atoms with Crippen molar-refractivity contribution in [3.05, 3.63) is 48.2 Å². The number of nitrogens with one attached hydrogen (secondary N) is 2. The zero-order valence-electron chi connectivity index (χ0n) is 18.0. The zero-order valence-corrected chi connectivity index (χ0v) is 19.6. The van der Waals surface area contributed by atoms with Gasteiger partial charge in [0.05, 0.1) is 11.1 Å². The molecule has 5 rings (SSSR count). The number of rotatable bonds is 7. The van der Waals surface area contributed by atoms with E-state index in [0.29, 0.717) is 15.8 Å². The number of halogens is 3. The van der Waals surface area contributed by atoms with E-state index in [0.717, 1.165) is 35.0 Å². The summed E-state index contributed by atoms with van der Waals surface area (Å²) >= 11 is 2.80. The van der Waals surface area contributed by atoms with Crippen molar-refractivity contribution in [1.82, 2.24) is 20.2 Å². The molecule has 1 saturated heterocycles. The number of carbonyl (C=O) groups is 1. The lowest BCUT2D eigenvalue weighted by Gasteiger charge is -2.14. The Bertz CT molecular complexity index is 1310. The van der Waals surface area contributed by atoms with E-state index in [1.54, 1.807) is 23.6 Å². The first-order valence-electron chi connectivity index (χ1n) is 10.5. The number of fused-ring (bicyclic) bond motifs is 1. The van der Waals surface area contributed by atoms with Crippen molar-refractivity contribution in [3.8, 4) is 5.75 Å². The summed E-state index contributed by atoms with van der Waals surface area (Å²) < 4.78 is 42.1. The van der Waals surface area contributed by atoms with Crippen LogP contribution in [0.1, 0.15) is 12.0 Å². The van der Waals surface area contributed by atoms with E-state index >= 15 is 0 Å². The highest BCUT2D eigenvalue weighted by atomic mass is 32.1. The third-order valence-corrected chi connectivity index (χ3v) is 6.95. The highest BCUT2D eigenvalue weighted by molar-refractivity contribution is 7.22. The Morgan fingerprint density at radius 1 is 1.17 bits per heavy atom. The Labute approximate surface area is 205 Å². The average molecular weight is 522 g/mol. The van der Waals surface area contributed by atoms with Crippen molar-refractivity contribution >= 4 is 54.3 Å². The third kappa shape index (κ3) is 5.95. The van der Waals surface area contributed by atoms with Gasteiger partial charge >= 0.3 is 6.36 Å². The second kappa shape index (κ2) is 9.62. The molecular weight excluding hydrogens is 503 g/mol. The highest BCUT2D eigenvalue weighted by Crippen LogP contribution is 2.31. The smallest absolute Gasteiger partial charge is 0.406 e. The normalized spacial score (nSPS) is 16.0. The fourth-order valence-electron chi connectivity index (χ4n) is 3.65. The van der Waals surface area contributed by atoms with Crippen molar-refractivity contribution in [2.45, 2.75) is 25.2 Å². The Hall–Kier alpha value is -3.52. The molecule has 0 bridgehead atoms. The van der Waals surface area contributed by atoms with Crippen LogP contribution in [0.15, 0.2) is 42.6 Å². The number of carbonyl (C=O) groups excluding carboxylic acids is 1. The van der Waals surface area contributed by atoms with Crippen LogP contribution in [0, 0.1) is 0 Å². The van der Waals surface area contributed by atoms with Gasteiger partial charge in [-0.2, -0.15) is 4.98 Å². The van der Waals surface area contributed by atoms with Crippen LogP contribution in [0.3, 0.4) is 0 Å². The van der Waals surface area contributed by atoms with E-state index in [-0.39, 0.29) is 18.2 Å². The van der Waals surface area contributed by atoms with Gasteiger partial charge < -0.3 is 20.3 Å². The molecule has 1 atom stereocenters. The monoisotopic (exact) mass is 521 g/mol. The zero-order chi connectivity index (χ0) is 24.4. The van der Waals surface area contributed by atoms with Gasteiger partial charge in [-0.05, 0) is 36.2 Å². The van der Waals surface area contributed by atoms with E-state index in [4.69, 9.17) is 0 Å². The van der Waals surface area contributed by atoms with Gasteiger partial charge in [-0.1, -0.05) is 34.8 Å². The minimum atomic E-state index is -4.79. The van der Waals surface area contributed by atoms with Gasteiger partial charge in [-0.15, -0.1) is 23.4 Å². The van der Waals surface area contributed by atoms with Gasteiger partial charge in [0.1, 0.15) is 5.75 Å². The number of hydrogen-bond acceptors (Lipinski definition) is 10. The molecule has 1 aromatic carbocycles. The largest absolute Gasteiger partial charge is 0.573 e. The minimum absolute atomic E-state index is 0.133. The molecule has 182 valence electrons. The van der Waals surface area contributed by atoms with Crippen molar-refractivity contribution < 1.29 is 22.7 Å². The molecule has 4 heterocycles. The molecule has 0 radical (unpaired) electrons. The summed E-state index contributed by atoms with van der Waals surface area (Å²) in [5.74, 6) is -0.800. The first-order valence-corrected chi connectivity index (χ1v) is 12.2. The lowest BCUT2D eigenvalue weighted by atomic mass is 10.1. The lowest BCUT2D eigenvalue weighted by Crippen LogP contribution is -2.25. The predicted molar refractivity (Wildman–Crippen MR) is 127 cm³/mol. The number of nitrogens with zero attached hydrogens (tertiary/aromatic N) is 5. The standard InChI is InChI=1S/C21H18F3N7O2S2/c22-21(23,24)33-14-4-1-3-12(9-14)10-16(32)27-19-30-29-18(35-19)26-13-6-8-31(11-13)20-28-17-15(34-20)5-2-7-25-17/h1-5,7,9,13H,6,8,10-11H2,(H,26,29)(H,27,30,32). The Morgan fingerprint density at radius 3 is 2.86 bits per heavy atom. The number of thiazole rings is 1. The Balaban J connectivity index is 1.13. The number of pyridine rings is 1. The number of benzene rings is 1. The maximum absolute atomic E-state index is 12.4. The molecule has 14 heteroatoms. The Morgan fingerprint density at radius 2 is 2.03 bits per heavy atom. The predicted octanol–water partition coefficient (Wildman–Crippen LogP) is 4.31.